The Bertz CT molecular complexity index is 310. The second-order valence-electron chi connectivity index (χ2n) is 2.92. The molecule has 76 valence electrons. The summed E-state index contributed by atoms with van der Waals surface area (Å²) in [5.41, 5.74) is 5.31. The van der Waals surface area contributed by atoms with E-state index in [0.717, 1.165) is 0 Å². The molecular weight excluding hydrogens is 183 g/mol. The minimum Gasteiger partial charge on any atom is -0.483 e. The standard InChI is InChI=1S/C10H13FN2O/c1-2-9(10(12)13)14-8-5-3-7(11)4-6-8/h3-6,9H,2H2,1H3,(H3,12,13). The van der Waals surface area contributed by atoms with Crippen LogP contribution in [-0.4, -0.2) is 11.9 Å². The summed E-state index contributed by atoms with van der Waals surface area (Å²) in [6.45, 7) is 1.87. The molecule has 4 heteroatoms. The maximum atomic E-state index is 12.5. The Hall–Kier alpha value is -1.58. The molecule has 0 heterocycles. The van der Waals surface area contributed by atoms with E-state index in [0.29, 0.717) is 12.2 Å². The highest BCUT2D eigenvalue weighted by atomic mass is 19.1. The molecule has 0 bridgehead atoms. The molecule has 1 atom stereocenters. The van der Waals surface area contributed by atoms with E-state index in [-0.39, 0.29) is 11.7 Å². The molecule has 0 amide bonds. The van der Waals surface area contributed by atoms with E-state index < -0.39 is 6.10 Å². The first-order valence-corrected chi connectivity index (χ1v) is 4.39. The SMILES string of the molecule is CCC(Oc1ccc(F)cc1)C(=N)N. The van der Waals surface area contributed by atoms with Gasteiger partial charge in [0.05, 0.1) is 0 Å². The Morgan fingerprint density at radius 2 is 2.07 bits per heavy atom. The first-order chi connectivity index (χ1) is 6.63. The Kier molecular flexibility index (Phi) is 3.45. The lowest BCUT2D eigenvalue weighted by Gasteiger charge is -2.15. The van der Waals surface area contributed by atoms with Crippen molar-refractivity contribution in [2.24, 2.45) is 5.73 Å². The number of ether oxygens (including phenoxy) is 1. The van der Waals surface area contributed by atoms with Crippen LogP contribution in [0.3, 0.4) is 0 Å². The van der Waals surface area contributed by atoms with E-state index in [1.807, 2.05) is 6.92 Å². The van der Waals surface area contributed by atoms with E-state index >= 15 is 0 Å². The van der Waals surface area contributed by atoms with Crippen LogP contribution in [0.1, 0.15) is 13.3 Å². The van der Waals surface area contributed by atoms with Gasteiger partial charge in [0.2, 0.25) is 0 Å². The number of amidine groups is 1. The van der Waals surface area contributed by atoms with Gasteiger partial charge < -0.3 is 10.5 Å². The average molecular weight is 196 g/mol. The van der Waals surface area contributed by atoms with Gasteiger partial charge in [0.25, 0.3) is 0 Å². The smallest absolute Gasteiger partial charge is 0.155 e. The van der Waals surface area contributed by atoms with Gasteiger partial charge in [-0.2, -0.15) is 0 Å². The van der Waals surface area contributed by atoms with Crippen LogP contribution in [0.2, 0.25) is 0 Å². The summed E-state index contributed by atoms with van der Waals surface area (Å²) in [6, 6.07) is 5.65. The summed E-state index contributed by atoms with van der Waals surface area (Å²) in [7, 11) is 0. The summed E-state index contributed by atoms with van der Waals surface area (Å²) in [4.78, 5) is 0. The van der Waals surface area contributed by atoms with E-state index in [1.165, 1.54) is 24.3 Å². The third-order valence-corrected chi connectivity index (χ3v) is 1.81. The van der Waals surface area contributed by atoms with Crippen molar-refractivity contribution in [1.82, 2.24) is 0 Å². The van der Waals surface area contributed by atoms with Crippen molar-refractivity contribution in [2.45, 2.75) is 19.4 Å². The fraction of sp³-hybridized carbons (Fsp3) is 0.300. The van der Waals surface area contributed by atoms with Crippen molar-refractivity contribution < 1.29 is 9.13 Å². The number of hydrogen-bond donors (Lipinski definition) is 2. The summed E-state index contributed by atoms with van der Waals surface area (Å²) in [5.74, 6) is 0.193. The molecule has 0 aliphatic heterocycles. The number of halogens is 1. The normalized spacial score (nSPS) is 12.1. The second-order valence-corrected chi connectivity index (χ2v) is 2.92. The minimum atomic E-state index is -0.430. The second kappa shape index (κ2) is 4.60. The van der Waals surface area contributed by atoms with Gasteiger partial charge >= 0.3 is 0 Å². The topological polar surface area (TPSA) is 59.1 Å². The lowest BCUT2D eigenvalue weighted by molar-refractivity contribution is 0.260. The largest absolute Gasteiger partial charge is 0.483 e. The molecule has 14 heavy (non-hydrogen) atoms. The average Bonchev–Trinajstić information content (AvgIpc) is 2.16. The van der Waals surface area contributed by atoms with Crippen molar-refractivity contribution >= 4 is 5.84 Å². The predicted molar refractivity (Wildman–Crippen MR) is 53.0 cm³/mol. The Balaban J connectivity index is 2.67. The Morgan fingerprint density at radius 1 is 1.50 bits per heavy atom. The molecule has 0 saturated heterocycles. The molecule has 1 aromatic rings. The summed E-state index contributed by atoms with van der Waals surface area (Å²) in [6.07, 6.45) is 0.188. The van der Waals surface area contributed by atoms with Crippen LogP contribution >= 0.6 is 0 Å². The number of rotatable bonds is 4. The zero-order valence-corrected chi connectivity index (χ0v) is 7.96. The van der Waals surface area contributed by atoms with Crippen LogP contribution in [0.4, 0.5) is 4.39 Å². The highest BCUT2D eigenvalue weighted by Crippen LogP contribution is 2.13. The zero-order valence-electron chi connectivity index (χ0n) is 7.96. The van der Waals surface area contributed by atoms with Crippen LogP contribution in [0.5, 0.6) is 5.75 Å². The van der Waals surface area contributed by atoms with Gasteiger partial charge in [0.1, 0.15) is 17.4 Å². The molecule has 0 aromatic heterocycles. The molecule has 0 saturated carbocycles. The maximum absolute atomic E-state index is 12.5. The minimum absolute atomic E-state index is 0.0168. The number of hydrogen-bond acceptors (Lipinski definition) is 2. The van der Waals surface area contributed by atoms with Crippen molar-refractivity contribution in [2.75, 3.05) is 0 Å². The molecule has 3 nitrogen and oxygen atoms in total. The van der Waals surface area contributed by atoms with Crippen molar-refractivity contribution in [1.29, 1.82) is 5.41 Å². The molecule has 3 N–H and O–H groups in total. The quantitative estimate of drug-likeness (QED) is 0.571. The molecule has 1 aromatic carbocycles. The lowest BCUT2D eigenvalue weighted by Crippen LogP contribution is -2.32. The first kappa shape index (κ1) is 10.5. The van der Waals surface area contributed by atoms with Gasteiger partial charge in [-0.05, 0) is 30.7 Å². The first-order valence-electron chi connectivity index (χ1n) is 4.39. The summed E-state index contributed by atoms with van der Waals surface area (Å²) >= 11 is 0. The van der Waals surface area contributed by atoms with Crippen molar-refractivity contribution in [3.8, 4) is 5.75 Å². The third-order valence-electron chi connectivity index (χ3n) is 1.81. The molecule has 1 unspecified atom stereocenters. The highest BCUT2D eigenvalue weighted by molar-refractivity contribution is 5.81. The van der Waals surface area contributed by atoms with Gasteiger partial charge in [0, 0.05) is 0 Å². The fourth-order valence-electron chi connectivity index (χ4n) is 1.04. The Labute approximate surface area is 82.2 Å². The number of benzene rings is 1. The fourth-order valence-corrected chi connectivity index (χ4v) is 1.04. The summed E-state index contributed by atoms with van der Waals surface area (Å²) < 4.78 is 17.9. The van der Waals surface area contributed by atoms with Crippen LogP contribution in [0.15, 0.2) is 24.3 Å². The van der Waals surface area contributed by atoms with Crippen LogP contribution in [-0.2, 0) is 0 Å². The number of nitrogens with two attached hydrogens (primary N) is 1. The van der Waals surface area contributed by atoms with Gasteiger partial charge in [-0.3, -0.25) is 5.41 Å². The number of nitrogens with one attached hydrogen (secondary N) is 1. The molecule has 0 radical (unpaired) electrons. The van der Waals surface area contributed by atoms with E-state index in [2.05, 4.69) is 0 Å². The van der Waals surface area contributed by atoms with E-state index in [4.69, 9.17) is 15.9 Å². The predicted octanol–water partition coefficient (Wildman–Crippen LogP) is 1.92. The zero-order chi connectivity index (χ0) is 10.6. The van der Waals surface area contributed by atoms with Crippen molar-refractivity contribution in [3.63, 3.8) is 0 Å². The monoisotopic (exact) mass is 196 g/mol. The highest BCUT2D eigenvalue weighted by Gasteiger charge is 2.10. The van der Waals surface area contributed by atoms with Crippen LogP contribution in [0.25, 0.3) is 0 Å². The molecular formula is C10H13FN2O. The van der Waals surface area contributed by atoms with Crippen LogP contribution < -0.4 is 10.5 Å². The van der Waals surface area contributed by atoms with Gasteiger partial charge in [-0.15, -0.1) is 0 Å². The molecule has 0 aliphatic rings. The van der Waals surface area contributed by atoms with Gasteiger partial charge in [-0.1, -0.05) is 6.92 Å². The van der Waals surface area contributed by atoms with Gasteiger partial charge in [0.15, 0.2) is 6.10 Å². The Morgan fingerprint density at radius 3 is 2.50 bits per heavy atom. The molecule has 0 fully saturated rings. The summed E-state index contributed by atoms with van der Waals surface area (Å²) in [5, 5.41) is 7.22. The molecule has 0 spiro atoms. The van der Waals surface area contributed by atoms with Crippen molar-refractivity contribution in [3.05, 3.63) is 30.1 Å². The van der Waals surface area contributed by atoms with E-state index in [9.17, 15) is 4.39 Å². The maximum Gasteiger partial charge on any atom is 0.155 e. The molecule has 0 aliphatic carbocycles. The third kappa shape index (κ3) is 2.73. The lowest BCUT2D eigenvalue weighted by atomic mass is 10.2. The molecule has 1 rings (SSSR count). The van der Waals surface area contributed by atoms with E-state index in [1.54, 1.807) is 0 Å². The van der Waals surface area contributed by atoms with Crippen LogP contribution in [0, 0.1) is 11.2 Å². The van der Waals surface area contributed by atoms with Gasteiger partial charge in [-0.25, -0.2) is 4.39 Å².